The standard InChI is InChI=1S/C13H17ClF3NO/c1-10(14)3-2-8-18-9-11-4-6-12(7-5-11)19-13(15,16)17/h4-7,10,18H,2-3,8-9H2,1H3. The first-order valence-corrected chi connectivity index (χ1v) is 6.50. The van der Waals surface area contributed by atoms with Crippen LogP contribution in [0, 0.1) is 0 Å². The van der Waals surface area contributed by atoms with Gasteiger partial charge >= 0.3 is 6.36 Å². The molecule has 0 aliphatic rings. The van der Waals surface area contributed by atoms with Gasteiger partial charge in [0.15, 0.2) is 0 Å². The molecule has 1 aromatic carbocycles. The van der Waals surface area contributed by atoms with Crippen molar-refractivity contribution in [2.24, 2.45) is 0 Å². The van der Waals surface area contributed by atoms with Crippen molar-refractivity contribution in [3.8, 4) is 5.75 Å². The van der Waals surface area contributed by atoms with E-state index in [9.17, 15) is 13.2 Å². The third-order valence-corrected chi connectivity index (χ3v) is 2.66. The van der Waals surface area contributed by atoms with Gasteiger partial charge in [0.2, 0.25) is 0 Å². The van der Waals surface area contributed by atoms with E-state index in [2.05, 4.69) is 10.1 Å². The first-order chi connectivity index (χ1) is 8.87. The number of ether oxygens (including phenoxy) is 1. The molecule has 19 heavy (non-hydrogen) atoms. The smallest absolute Gasteiger partial charge is 0.406 e. The second kappa shape index (κ2) is 7.60. The van der Waals surface area contributed by atoms with Crippen LogP contribution in [-0.2, 0) is 6.54 Å². The minimum Gasteiger partial charge on any atom is -0.406 e. The van der Waals surface area contributed by atoms with E-state index >= 15 is 0 Å². The molecule has 0 spiro atoms. The molecule has 0 radical (unpaired) electrons. The van der Waals surface area contributed by atoms with Gasteiger partial charge < -0.3 is 10.1 Å². The third kappa shape index (κ3) is 7.95. The molecule has 0 fully saturated rings. The Bertz CT molecular complexity index is 365. The molecule has 1 unspecified atom stereocenters. The average Bonchev–Trinajstić information content (AvgIpc) is 2.28. The second-order valence-electron chi connectivity index (χ2n) is 4.29. The van der Waals surface area contributed by atoms with Crippen LogP contribution in [0.2, 0.25) is 0 Å². The van der Waals surface area contributed by atoms with Crippen LogP contribution >= 0.6 is 11.6 Å². The lowest BCUT2D eigenvalue weighted by Crippen LogP contribution is -2.17. The van der Waals surface area contributed by atoms with Gasteiger partial charge in [-0.15, -0.1) is 24.8 Å². The van der Waals surface area contributed by atoms with E-state index in [4.69, 9.17) is 11.6 Å². The van der Waals surface area contributed by atoms with Gasteiger partial charge in [0, 0.05) is 11.9 Å². The van der Waals surface area contributed by atoms with Crippen LogP contribution in [-0.4, -0.2) is 18.3 Å². The predicted molar refractivity (Wildman–Crippen MR) is 69.4 cm³/mol. The lowest BCUT2D eigenvalue weighted by Gasteiger charge is -2.10. The number of hydrogen-bond donors (Lipinski definition) is 1. The second-order valence-corrected chi connectivity index (χ2v) is 5.04. The van der Waals surface area contributed by atoms with E-state index in [0.717, 1.165) is 24.9 Å². The Kier molecular flexibility index (Phi) is 6.45. The maximum absolute atomic E-state index is 11.9. The topological polar surface area (TPSA) is 21.3 Å². The van der Waals surface area contributed by atoms with Crippen LogP contribution in [0.15, 0.2) is 24.3 Å². The molecule has 0 amide bonds. The summed E-state index contributed by atoms with van der Waals surface area (Å²) in [6.07, 6.45) is -2.73. The summed E-state index contributed by atoms with van der Waals surface area (Å²) in [6.45, 7) is 3.39. The average molecular weight is 296 g/mol. The molecule has 0 aromatic heterocycles. The van der Waals surface area contributed by atoms with Gasteiger partial charge in [0.25, 0.3) is 0 Å². The number of halogens is 4. The fourth-order valence-electron chi connectivity index (χ4n) is 1.55. The van der Waals surface area contributed by atoms with Crippen molar-refractivity contribution in [1.82, 2.24) is 5.32 Å². The molecule has 0 saturated carbocycles. The van der Waals surface area contributed by atoms with Gasteiger partial charge in [-0.3, -0.25) is 0 Å². The maximum atomic E-state index is 11.9. The summed E-state index contributed by atoms with van der Waals surface area (Å²) < 4.78 is 39.6. The summed E-state index contributed by atoms with van der Waals surface area (Å²) in [6, 6.07) is 5.84. The highest BCUT2D eigenvalue weighted by Crippen LogP contribution is 2.22. The van der Waals surface area contributed by atoms with Crippen LogP contribution in [0.5, 0.6) is 5.75 Å². The molecule has 0 aliphatic carbocycles. The van der Waals surface area contributed by atoms with E-state index in [1.807, 2.05) is 6.92 Å². The largest absolute Gasteiger partial charge is 0.573 e. The Morgan fingerprint density at radius 2 is 1.89 bits per heavy atom. The van der Waals surface area contributed by atoms with E-state index in [-0.39, 0.29) is 11.1 Å². The monoisotopic (exact) mass is 295 g/mol. The van der Waals surface area contributed by atoms with Crippen molar-refractivity contribution in [1.29, 1.82) is 0 Å². The normalized spacial score (nSPS) is 13.3. The van der Waals surface area contributed by atoms with Crippen molar-refractivity contribution >= 4 is 11.6 Å². The highest BCUT2D eigenvalue weighted by molar-refractivity contribution is 6.20. The van der Waals surface area contributed by atoms with E-state index < -0.39 is 6.36 Å². The molecule has 0 heterocycles. The number of hydrogen-bond acceptors (Lipinski definition) is 2. The predicted octanol–water partition coefficient (Wildman–Crippen LogP) is 4.08. The van der Waals surface area contributed by atoms with Crippen molar-refractivity contribution in [3.05, 3.63) is 29.8 Å². The zero-order valence-corrected chi connectivity index (χ0v) is 11.4. The molecular formula is C13H17ClF3NO. The fourth-order valence-corrected chi connectivity index (χ4v) is 1.70. The molecule has 0 saturated heterocycles. The van der Waals surface area contributed by atoms with Gasteiger partial charge in [-0.05, 0) is 44.0 Å². The van der Waals surface area contributed by atoms with Crippen molar-refractivity contribution < 1.29 is 17.9 Å². The quantitative estimate of drug-likeness (QED) is 0.604. The van der Waals surface area contributed by atoms with Gasteiger partial charge in [-0.2, -0.15) is 0 Å². The Balaban J connectivity index is 2.28. The molecule has 1 aromatic rings. The SMILES string of the molecule is CC(Cl)CCCNCc1ccc(OC(F)(F)F)cc1. The third-order valence-electron chi connectivity index (χ3n) is 2.44. The van der Waals surface area contributed by atoms with Gasteiger partial charge in [-0.1, -0.05) is 12.1 Å². The van der Waals surface area contributed by atoms with Crippen molar-refractivity contribution in [2.45, 2.75) is 38.0 Å². The Labute approximate surface area is 115 Å². The highest BCUT2D eigenvalue weighted by atomic mass is 35.5. The van der Waals surface area contributed by atoms with Crippen molar-refractivity contribution in [2.75, 3.05) is 6.54 Å². The molecule has 1 atom stereocenters. The molecule has 1 N–H and O–H groups in total. The lowest BCUT2D eigenvalue weighted by molar-refractivity contribution is -0.274. The number of rotatable bonds is 7. The molecule has 108 valence electrons. The number of nitrogens with one attached hydrogen (secondary N) is 1. The Morgan fingerprint density at radius 3 is 2.42 bits per heavy atom. The Morgan fingerprint density at radius 1 is 1.26 bits per heavy atom. The van der Waals surface area contributed by atoms with Crippen LogP contribution in [0.4, 0.5) is 13.2 Å². The summed E-state index contributed by atoms with van der Waals surface area (Å²) in [4.78, 5) is 0. The summed E-state index contributed by atoms with van der Waals surface area (Å²) in [5, 5.41) is 3.37. The van der Waals surface area contributed by atoms with Gasteiger partial charge in [-0.25, -0.2) is 0 Å². The first kappa shape index (κ1) is 16.1. The molecule has 0 bridgehead atoms. The molecule has 6 heteroatoms. The number of alkyl halides is 4. The summed E-state index contributed by atoms with van der Waals surface area (Å²) in [5.41, 5.74) is 0.911. The van der Waals surface area contributed by atoms with Crippen LogP contribution in [0.25, 0.3) is 0 Å². The molecule has 0 aliphatic heterocycles. The summed E-state index contributed by atoms with van der Waals surface area (Å²) in [7, 11) is 0. The minimum absolute atomic E-state index is 0.167. The van der Waals surface area contributed by atoms with Crippen LogP contribution in [0.1, 0.15) is 25.3 Å². The summed E-state index contributed by atoms with van der Waals surface area (Å²) >= 11 is 5.81. The molecule has 1 rings (SSSR count). The highest BCUT2D eigenvalue weighted by Gasteiger charge is 2.30. The maximum Gasteiger partial charge on any atom is 0.573 e. The first-order valence-electron chi connectivity index (χ1n) is 6.06. The van der Waals surface area contributed by atoms with E-state index in [0.29, 0.717) is 6.54 Å². The van der Waals surface area contributed by atoms with Crippen LogP contribution < -0.4 is 10.1 Å². The molecule has 2 nitrogen and oxygen atoms in total. The van der Waals surface area contributed by atoms with Gasteiger partial charge in [0.1, 0.15) is 5.75 Å². The Hall–Kier alpha value is -0.940. The van der Waals surface area contributed by atoms with Crippen LogP contribution in [0.3, 0.4) is 0 Å². The fraction of sp³-hybridized carbons (Fsp3) is 0.538. The van der Waals surface area contributed by atoms with E-state index in [1.165, 1.54) is 12.1 Å². The van der Waals surface area contributed by atoms with E-state index in [1.54, 1.807) is 12.1 Å². The molecular weight excluding hydrogens is 279 g/mol. The lowest BCUT2D eigenvalue weighted by atomic mass is 10.2. The van der Waals surface area contributed by atoms with Gasteiger partial charge in [0.05, 0.1) is 0 Å². The van der Waals surface area contributed by atoms with Crippen molar-refractivity contribution in [3.63, 3.8) is 0 Å². The zero-order valence-electron chi connectivity index (χ0n) is 10.6. The number of benzene rings is 1. The zero-order chi connectivity index (χ0) is 14.3. The minimum atomic E-state index is -4.64. The summed E-state index contributed by atoms with van der Waals surface area (Å²) in [5.74, 6) is -0.202.